The monoisotopic (exact) mass is 599 g/mol. The van der Waals surface area contributed by atoms with E-state index in [9.17, 15) is 19.5 Å². The molecular weight excluding hydrogens is 566 g/mol. The first-order valence-corrected chi connectivity index (χ1v) is 14.3. The number of hydrogen-bond donors (Lipinski definition) is 3. The number of nitrogens with zero attached hydrogens (tertiary/aromatic N) is 1. The number of carbonyl (C=O) groups is 3. The van der Waals surface area contributed by atoms with Gasteiger partial charge in [0.15, 0.2) is 0 Å². The Morgan fingerprint density at radius 3 is 2.46 bits per heavy atom. The van der Waals surface area contributed by atoms with Gasteiger partial charge in [0.2, 0.25) is 17.7 Å². The normalized spacial score (nSPS) is 29.8. The molecule has 10 heteroatoms. The van der Waals surface area contributed by atoms with Gasteiger partial charge in [-0.2, -0.15) is 0 Å². The molecule has 39 heavy (non-hydrogen) atoms. The van der Waals surface area contributed by atoms with Crippen molar-refractivity contribution in [3.05, 3.63) is 60.2 Å². The number of rotatable bonds is 9. The van der Waals surface area contributed by atoms with Crippen molar-refractivity contribution in [2.24, 2.45) is 11.8 Å². The molecule has 208 valence electrons. The summed E-state index contributed by atoms with van der Waals surface area (Å²) in [5.74, 6) is -2.08. The molecule has 9 nitrogen and oxygen atoms in total. The molecule has 3 heterocycles. The molecule has 0 aliphatic carbocycles. The van der Waals surface area contributed by atoms with Crippen LogP contribution < -0.4 is 15.4 Å². The molecule has 3 saturated heterocycles. The number of amides is 3. The van der Waals surface area contributed by atoms with Crippen molar-refractivity contribution in [2.45, 2.75) is 61.8 Å². The number of ether oxygens (including phenoxy) is 2. The number of alkyl halides is 1. The maximum absolute atomic E-state index is 14.3. The number of halogens is 1. The van der Waals surface area contributed by atoms with Gasteiger partial charge in [0.25, 0.3) is 0 Å². The van der Waals surface area contributed by atoms with Crippen LogP contribution in [0.1, 0.15) is 38.8 Å². The van der Waals surface area contributed by atoms with Crippen molar-refractivity contribution in [2.75, 3.05) is 18.5 Å². The molecule has 2 bridgehead atoms. The summed E-state index contributed by atoms with van der Waals surface area (Å²) >= 11 is 3.68. The second-order valence-electron chi connectivity index (χ2n) is 10.6. The molecule has 2 aromatic carbocycles. The van der Waals surface area contributed by atoms with Crippen LogP contribution in [-0.2, 0) is 19.1 Å². The van der Waals surface area contributed by atoms with E-state index in [4.69, 9.17) is 9.47 Å². The highest BCUT2D eigenvalue weighted by molar-refractivity contribution is 9.09. The second-order valence-corrected chi connectivity index (χ2v) is 11.8. The Morgan fingerprint density at radius 1 is 1.15 bits per heavy atom. The molecular formula is C29H34BrN3O6. The Bertz CT molecular complexity index is 1230. The minimum absolute atomic E-state index is 0.175. The fourth-order valence-electron chi connectivity index (χ4n) is 6.42. The van der Waals surface area contributed by atoms with Crippen molar-refractivity contribution >= 4 is 39.3 Å². The van der Waals surface area contributed by atoms with E-state index in [0.29, 0.717) is 30.0 Å². The van der Waals surface area contributed by atoms with Crippen molar-refractivity contribution in [1.82, 2.24) is 10.2 Å². The van der Waals surface area contributed by atoms with Gasteiger partial charge in [-0.05, 0) is 57.0 Å². The predicted molar refractivity (Wildman–Crippen MR) is 148 cm³/mol. The first-order chi connectivity index (χ1) is 18.7. The Balaban J connectivity index is 1.52. The number of aliphatic hydroxyl groups is 1. The third kappa shape index (κ3) is 4.72. The van der Waals surface area contributed by atoms with Crippen LogP contribution in [0.2, 0.25) is 0 Å². The molecule has 3 fully saturated rings. The van der Waals surface area contributed by atoms with Crippen molar-refractivity contribution in [3.63, 3.8) is 0 Å². The maximum Gasteiger partial charge on any atom is 0.246 e. The Morgan fingerprint density at radius 2 is 1.85 bits per heavy atom. The standard InChI is InChI=1S/C29H34BrN3O6/c1-4-38-19-12-10-18(11-13-19)32-26(35)22-23-28(37)33(21(15-34)17-8-6-5-7-9-17)25(27(36)31-16(2)3)29(23)14-20(30)24(22)39-29/h5-13,16,20-25,34H,4,14-15H2,1-3H3,(H,31,36)(H,32,35)/t20?,21-,22-,23+,24-,25?,29?/m1/s1. The van der Waals surface area contributed by atoms with E-state index in [2.05, 4.69) is 26.6 Å². The lowest BCUT2D eigenvalue weighted by Crippen LogP contribution is -2.57. The van der Waals surface area contributed by atoms with E-state index in [0.717, 1.165) is 0 Å². The van der Waals surface area contributed by atoms with Gasteiger partial charge in [0, 0.05) is 16.6 Å². The summed E-state index contributed by atoms with van der Waals surface area (Å²) in [5.41, 5.74) is 0.0606. The topological polar surface area (TPSA) is 117 Å². The largest absolute Gasteiger partial charge is 0.494 e. The fraction of sp³-hybridized carbons (Fsp3) is 0.483. The van der Waals surface area contributed by atoms with Crippen molar-refractivity contribution in [1.29, 1.82) is 0 Å². The van der Waals surface area contributed by atoms with Crippen molar-refractivity contribution < 1.29 is 29.0 Å². The molecule has 0 aromatic heterocycles. The summed E-state index contributed by atoms with van der Waals surface area (Å²) in [5, 5.41) is 16.4. The summed E-state index contributed by atoms with van der Waals surface area (Å²) < 4.78 is 12.0. The summed E-state index contributed by atoms with van der Waals surface area (Å²) in [6, 6.07) is 14.2. The molecule has 3 aliphatic heterocycles. The number of benzene rings is 2. The average Bonchev–Trinajstić information content (AvgIpc) is 3.50. The zero-order valence-corrected chi connectivity index (χ0v) is 23.8. The first-order valence-electron chi connectivity index (χ1n) is 13.4. The summed E-state index contributed by atoms with van der Waals surface area (Å²) in [6.07, 6.45) is -0.192. The van der Waals surface area contributed by atoms with Gasteiger partial charge < -0.3 is 30.1 Å². The zero-order chi connectivity index (χ0) is 27.9. The molecule has 7 atom stereocenters. The number of fused-ring (bicyclic) bond motifs is 1. The Kier molecular flexibility index (Phi) is 7.72. The summed E-state index contributed by atoms with van der Waals surface area (Å²) in [7, 11) is 0. The third-order valence-corrected chi connectivity index (χ3v) is 8.68. The van der Waals surface area contributed by atoms with Crippen LogP contribution in [-0.4, -0.2) is 69.6 Å². The summed E-state index contributed by atoms with van der Waals surface area (Å²) in [4.78, 5) is 43.0. The molecule has 0 saturated carbocycles. The van der Waals surface area contributed by atoms with E-state index >= 15 is 0 Å². The number of hydrogen-bond acceptors (Lipinski definition) is 6. The highest BCUT2D eigenvalue weighted by Crippen LogP contribution is 2.61. The smallest absolute Gasteiger partial charge is 0.246 e. The van der Waals surface area contributed by atoms with Gasteiger partial charge in [-0.15, -0.1) is 0 Å². The van der Waals surface area contributed by atoms with E-state index in [1.54, 1.807) is 24.3 Å². The SMILES string of the molecule is CCOc1ccc(NC(=O)[C@H]2[C@@H]3OC4(CC3Br)C(C(=O)NC(C)C)N([C@H](CO)c3ccccc3)C(=O)[C@H]24)cc1. The number of aliphatic hydroxyl groups excluding tert-OH is 1. The van der Waals surface area contributed by atoms with E-state index < -0.39 is 35.6 Å². The van der Waals surface area contributed by atoms with Crippen LogP contribution in [0.4, 0.5) is 5.69 Å². The van der Waals surface area contributed by atoms with Crippen LogP contribution in [0.5, 0.6) is 5.75 Å². The van der Waals surface area contributed by atoms with Gasteiger partial charge in [0.1, 0.15) is 17.4 Å². The first kappa shape index (κ1) is 27.6. The zero-order valence-electron chi connectivity index (χ0n) is 22.2. The molecule has 3 aliphatic rings. The number of likely N-dealkylation sites (tertiary alicyclic amines) is 1. The van der Waals surface area contributed by atoms with E-state index in [1.165, 1.54) is 4.90 Å². The van der Waals surface area contributed by atoms with E-state index in [-0.39, 0.29) is 35.2 Å². The van der Waals surface area contributed by atoms with Crippen LogP contribution in [0, 0.1) is 11.8 Å². The molecule has 3 N–H and O–H groups in total. The molecule has 1 spiro atoms. The number of carbonyl (C=O) groups excluding carboxylic acids is 3. The van der Waals surface area contributed by atoms with Crippen LogP contribution in [0.25, 0.3) is 0 Å². The lowest BCUT2D eigenvalue weighted by atomic mass is 9.70. The molecule has 5 rings (SSSR count). The van der Waals surface area contributed by atoms with Gasteiger partial charge >= 0.3 is 0 Å². The lowest BCUT2D eigenvalue weighted by molar-refractivity contribution is -0.145. The molecule has 0 radical (unpaired) electrons. The highest BCUT2D eigenvalue weighted by Gasteiger charge is 2.77. The highest BCUT2D eigenvalue weighted by atomic mass is 79.9. The quantitative estimate of drug-likeness (QED) is 0.381. The minimum Gasteiger partial charge on any atom is -0.494 e. The molecule has 3 unspecified atom stereocenters. The van der Waals surface area contributed by atoms with Gasteiger partial charge in [-0.3, -0.25) is 14.4 Å². The molecule has 2 aromatic rings. The van der Waals surface area contributed by atoms with Gasteiger partial charge in [-0.25, -0.2) is 0 Å². The van der Waals surface area contributed by atoms with Crippen LogP contribution >= 0.6 is 15.9 Å². The van der Waals surface area contributed by atoms with Crippen LogP contribution in [0.3, 0.4) is 0 Å². The predicted octanol–water partition coefficient (Wildman–Crippen LogP) is 3.03. The second kappa shape index (κ2) is 10.9. The molecule has 3 amide bonds. The average molecular weight is 601 g/mol. The third-order valence-electron chi connectivity index (χ3n) is 7.84. The van der Waals surface area contributed by atoms with Gasteiger partial charge in [-0.1, -0.05) is 46.3 Å². The maximum atomic E-state index is 14.3. The Hall–Kier alpha value is -2.95. The Labute approximate surface area is 236 Å². The van der Waals surface area contributed by atoms with Crippen LogP contribution in [0.15, 0.2) is 54.6 Å². The lowest BCUT2D eigenvalue weighted by Gasteiger charge is -2.37. The van der Waals surface area contributed by atoms with E-state index in [1.807, 2.05) is 51.1 Å². The number of anilines is 1. The summed E-state index contributed by atoms with van der Waals surface area (Å²) in [6.45, 7) is 5.75. The van der Waals surface area contributed by atoms with Gasteiger partial charge in [0.05, 0.1) is 37.2 Å². The van der Waals surface area contributed by atoms with Crippen molar-refractivity contribution in [3.8, 4) is 5.75 Å². The number of nitrogens with one attached hydrogen (secondary N) is 2. The fourth-order valence-corrected chi connectivity index (χ4v) is 7.36. The minimum atomic E-state index is -1.21.